The first kappa shape index (κ1) is 6.67. The van der Waals surface area contributed by atoms with Crippen LogP contribution < -0.4 is 0 Å². The smallest absolute Gasteiger partial charge is 0.106 e. The molecule has 2 aliphatic rings. The van der Waals surface area contributed by atoms with Crippen LogP contribution in [0.1, 0.15) is 29.2 Å². The van der Waals surface area contributed by atoms with Gasteiger partial charge < -0.3 is 4.74 Å². The normalized spacial score (nSPS) is 25.5. The zero-order valence-corrected chi connectivity index (χ0v) is 7.05. The fraction of sp³-hybridized carbons (Fsp3) is 0.455. The summed E-state index contributed by atoms with van der Waals surface area (Å²) in [5, 5.41) is 0. The monoisotopic (exact) mass is 160 g/mol. The second-order valence-corrected chi connectivity index (χ2v) is 3.70. The third-order valence-electron chi connectivity index (χ3n) is 2.83. The predicted molar refractivity (Wildman–Crippen MR) is 47.2 cm³/mol. The van der Waals surface area contributed by atoms with Gasteiger partial charge >= 0.3 is 0 Å². The second-order valence-electron chi connectivity index (χ2n) is 3.70. The van der Waals surface area contributed by atoms with Gasteiger partial charge in [-0.15, -0.1) is 0 Å². The van der Waals surface area contributed by atoms with E-state index in [9.17, 15) is 0 Å². The molecule has 1 saturated heterocycles. The second kappa shape index (κ2) is 2.33. The summed E-state index contributed by atoms with van der Waals surface area (Å²) in [6.45, 7) is 0.929. The topological polar surface area (TPSA) is 12.5 Å². The number of benzene rings is 1. The van der Waals surface area contributed by atoms with Gasteiger partial charge in [0, 0.05) is 0 Å². The molecule has 1 aromatic carbocycles. The van der Waals surface area contributed by atoms with E-state index in [2.05, 4.69) is 18.2 Å². The number of hydrogen-bond acceptors (Lipinski definition) is 1. The van der Waals surface area contributed by atoms with Crippen molar-refractivity contribution in [2.75, 3.05) is 6.61 Å². The fourth-order valence-electron chi connectivity index (χ4n) is 2.03. The summed E-state index contributed by atoms with van der Waals surface area (Å²) in [5.41, 5.74) is 4.50. The lowest BCUT2D eigenvalue weighted by atomic mass is 10.0. The molecular weight excluding hydrogens is 148 g/mol. The highest BCUT2D eigenvalue weighted by atomic mass is 16.6. The van der Waals surface area contributed by atoms with E-state index in [4.69, 9.17) is 4.74 Å². The van der Waals surface area contributed by atoms with Crippen LogP contribution >= 0.6 is 0 Å². The minimum absolute atomic E-state index is 0.427. The van der Waals surface area contributed by atoms with Gasteiger partial charge in [-0.2, -0.15) is 0 Å². The Bertz CT molecular complexity index is 313. The average Bonchev–Trinajstić information content (AvgIpc) is 2.84. The number of fused-ring (bicyclic) bond motifs is 1. The first-order valence-electron chi connectivity index (χ1n) is 4.67. The molecule has 1 aliphatic carbocycles. The Hall–Kier alpha value is -0.820. The maximum Gasteiger partial charge on any atom is 0.106 e. The van der Waals surface area contributed by atoms with Crippen LogP contribution in [0.2, 0.25) is 0 Å². The maximum absolute atomic E-state index is 5.25. The molecule has 1 unspecified atom stereocenters. The quantitative estimate of drug-likeness (QED) is 0.574. The molecule has 1 heterocycles. The lowest BCUT2D eigenvalue weighted by molar-refractivity contribution is 0.415. The van der Waals surface area contributed by atoms with Gasteiger partial charge in [0.25, 0.3) is 0 Å². The highest BCUT2D eigenvalue weighted by molar-refractivity contribution is 5.36. The molecule has 1 atom stereocenters. The molecule has 1 aromatic rings. The standard InChI is InChI=1S/C11H12O/c1-2-8-4-5-10(11-7-12-11)6-9(8)3-1/h4-6,11H,1-3,7H2. The van der Waals surface area contributed by atoms with Crippen molar-refractivity contribution in [2.45, 2.75) is 25.4 Å². The van der Waals surface area contributed by atoms with Crippen LogP contribution in [-0.2, 0) is 17.6 Å². The highest BCUT2D eigenvalue weighted by Gasteiger charge is 2.25. The summed E-state index contributed by atoms with van der Waals surface area (Å²) in [5.74, 6) is 0. The molecule has 0 spiro atoms. The third kappa shape index (κ3) is 0.969. The Kier molecular flexibility index (Phi) is 1.30. The Morgan fingerprint density at radius 3 is 2.83 bits per heavy atom. The van der Waals surface area contributed by atoms with Crippen LogP contribution in [0.5, 0.6) is 0 Å². The van der Waals surface area contributed by atoms with Crippen molar-refractivity contribution in [1.82, 2.24) is 0 Å². The average molecular weight is 160 g/mol. The number of epoxide rings is 1. The van der Waals surface area contributed by atoms with E-state index in [1.165, 1.54) is 24.8 Å². The first-order chi connectivity index (χ1) is 5.93. The summed E-state index contributed by atoms with van der Waals surface area (Å²) in [6, 6.07) is 6.83. The minimum atomic E-state index is 0.427. The molecule has 0 radical (unpaired) electrons. The molecule has 1 fully saturated rings. The Labute approximate surface area is 72.4 Å². The highest BCUT2D eigenvalue weighted by Crippen LogP contribution is 2.32. The lowest BCUT2D eigenvalue weighted by Crippen LogP contribution is -1.86. The van der Waals surface area contributed by atoms with Crippen LogP contribution in [0.4, 0.5) is 0 Å². The van der Waals surface area contributed by atoms with E-state index < -0.39 is 0 Å². The number of rotatable bonds is 1. The van der Waals surface area contributed by atoms with Gasteiger partial charge in [-0.05, 0) is 36.0 Å². The maximum atomic E-state index is 5.25. The van der Waals surface area contributed by atoms with Crippen LogP contribution in [0.15, 0.2) is 18.2 Å². The Morgan fingerprint density at radius 2 is 2.00 bits per heavy atom. The summed E-state index contributed by atoms with van der Waals surface area (Å²) >= 11 is 0. The summed E-state index contributed by atoms with van der Waals surface area (Å²) in [7, 11) is 0. The number of ether oxygens (including phenoxy) is 1. The molecule has 0 bridgehead atoms. The SMILES string of the molecule is c1cc2c(cc1C1CO1)CCC2. The molecule has 0 N–H and O–H groups in total. The van der Waals surface area contributed by atoms with E-state index in [0.717, 1.165) is 6.61 Å². The number of hydrogen-bond donors (Lipinski definition) is 0. The third-order valence-corrected chi connectivity index (χ3v) is 2.83. The van der Waals surface area contributed by atoms with Crippen LogP contribution in [0, 0.1) is 0 Å². The molecule has 1 nitrogen and oxygen atoms in total. The Morgan fingerprint density at radius 1 is 1.17 bits per heavy atom. The van der Waals surface area contributed by atoms with Gasteiger partial charge in [0.2, 0.25) is 0 Å². The van der Waals surface area contributed by atoms with E-state index >= 15 is 0 Å². The Balaban J connectivity index is 2.03. The summed E-state index contributed by atoms with van der Waals surface area (Å²) in [6.07, 6.45) is 4.32. The van der Waals surface area contributed by atoms with Crippen molar-refractivity contribution in [3.05, 3.63) is 34.9 Å². The van der Waals surface area contributed by atoms with Gasteiger partial charge in [0.1, 0.15) is 6.10 Å². The molecule has 12 heavy (non-hydrogen) atoms. The lowest BCUT2D eigenvalue weighted by Gasteiger charge is -2.00. The van der Waals surface area contributed by atoms with Crippen molar-refractivity contribution in [2.24, 2.45) is 0 Å². The van der Waals surface area contributed by atoms with E-state index in [0.29, 0.717) is 6.10 Å². The fourth-order valence-corrected chi connectivity index (χ4v) is 2.03. The molecule has 1 aliphatic heterocycles. The van der Waals surface area contributed by atoms with Crippen molar-refractivity contribution in [3.8, 4) is 0 Å². The van der Waals surface area contributed by atoms with Crippen LogP contribution in [0.25, 0.3) is 0 Å². The predicted octanol–water partition coefficient (Wildman–Crippen LogP) is 2.25. The molecular formula is C11H12O. The molecule has 1 heteroatoms. The van der Waals surface area contributed by atoms with E-state index in [1.54, 1.807) is 11.1 Å². The van der Waals surface area contributed by atoms with Gasteiger partial charge in [0.05, 0.1) is 6.61 Å². The van der Waals surface area contributed by atoms with Gasteiger partial charge in [0.15, 0.2) is 0 Å². The van der Waals surface area contributed by atoms with Gasteiger partial charge in [-0.25, -0.2) is 0 Å². The van der Waals surface area contributed by atoms with Crippen molar-refractivity contribution in [1.29, 1.82) is 0 Å². The summed E-state index contributed by atoms with van der Waals surface area (Å²) < 4.78 is 5.25. The van der Waals surface area contributed by atoms with Crippen LogP contribution in [-0.4, -0.2) is 6.61 Å². The van der Waals surface area contributed by atoms with Crippen LogP contribution in [0.3, 0.4) is 0 Å². The van der Waals surface area contributed by atoms with Crippen molar-refractivity contribution >= 4 is 0 Å². The van der Waals surface area contributed by atoms with E-state index in [-0.39, 0.29) is 0 Å². The summed E-state index contributed by atoms with van der Waals surface area (Å²) in [4.78, 5) is 0. The zero-order chi connectivity index (χ0) is 7.97. The largest absolute Gasteiger partial charge is 0.368 e. The molecule has 0 saturated carbocycles. The molecule has 0 aromatic heterocycles. The zero-order valence-electron chi connectivity index (χ0n) is 7.05. The van der Waals surface area contributed by atoms with Gasteiger partial charge in [-0.1, -0.05) is 18.2 Å². The molecule has 3 rings (SSSR count). The van der Waals surface area contributed by atoms with Crippen molar-refractivity contribution < 1.29 is 4.74 Å². The molecule has 62 valence electrons. The van der Waals surface area contributed by atoms with Gasteiger partial charge in [-0.3, -0.25) is 0 Å². The van der Waals surface area contributed by atoms with E-state index in [1.807, 2.05) is 0 Å². The molecule has 0 amide bonds. The van der Waals surface area contributed by atoms with Crippen molar-refractivity contribution in [3.63, 3.8) is 0 Å². The minimum Gasteiger partial charge on any atom is -0.368 e. The first-order valence-corrected chi connectivity index (χ1v) is 4.67. The number of aryl methyl sites for hydroxylation is 2.